The number of nitrogens with one attached hydrogen (secondary N) is 1. The molecule has 0 aromatic carbocycles. The molecule has 0 saturated carbocycles. The van der Waals surface area contributed by atoms with E-state index in [1.54, 1.807) is 13.3 Å². The van der Waals surface area contributed by atoms with Gasteiger partial charge in [-0.1, -0.05) is 0 Å². The zero-order valence-corrected chi connectivity index (χ0v) is 7.53. The van der Waals surface area contributed by atoms with Crippen LogP contribution in [0.3, 0.4) is 0 Å². The van der Waals surface area contributed by atoms with Crippen LogP contribution in [0.2, 0.25) is 0 Å². The topological polar surface area (TPSA) is 47.0 Å². The lowest BCUT2D eigenvalue weighted by molar-refractivity contribution is 0.112. The Labute approximate surface area is 72.0 Å². The third-order valence-electron chi connectivity index (χ3n) is 1.65. The summed E-state index contributed by atoms with van der Waals surface area (Å²) in [6.07, 6.45) is 1.65. The van der Waals surface area contributed by atoms with E-state index >= 15 is 0 Å². The average molecular weight is 167 g/mol. The largest absolute Gasteiger partial charge is 0.374 e. The molecule has 0 saturated heterocycles. The highest BCUT2D eigenvalue weighted by molar-refractivity contribution is 5.31. The van der Waals surface area contributed by atoms with Crippen LogP contribution in [0.1, 0.15) is 18.9 Å². The van der Waals surface area contributed by atoms with Gasteiger partial charge in [-0.25, -0.2) is 9.97 Å². The molecule has 0 spiro atoms. The van der Waals surface area contributed by atoms with E-state index in [-0.39, 0.29) is 6.10 Å². The van der Waals surface area contributed by atoms with Crippen molar-refractivity contribution >= 4 is 5.82 Å². The van der Waals surface area contributed by atoms with Gasteiger partial charge in [0.1, 0.15) is 11.9 Å². The van der Waals surface area contributed by atoms with Crippen LogP contribution in [0.4, 0.5) is 5.82 Å². The number of methoxy groups -OCH3 is 1. The lowest BCUT2D eigenvalue weighted by Crippen LogP contribution is -2.04. The van der Waals surface area contributed by atoms with Crippen LogP contribution in [-0.2, 0) is 4.74 Å². The summed E-state index contributed by atoms with van der Waals surface area (Å²) < 4.78 is 5.08. The molecule has 0 aliphatic carbocycles. The van der Waals surface area contributed by atoms with Crippen molar-refractivity contribution in [3.05, 3.63) is 18.1 Å². The van der Waals surface area contributed by atoms with Crippen molar-refractivity contribution in [3.8, 4) is 0 Å². The maximum atomic E-state index is 5.08. The smallest absolute Gasteiger partial charge is 0.159 e. The summed E-state index contributed by atoms with van der Waals surface area (Å²) in [4.78, 5) is 8.30. The van der Waals surface area contributed by atoms with Crippen LogP contribution in [0.5, 0.6) is 0 Å². The molecule has 1 rings (SSSR count). The highest BCUT2D eigenvalue weighted by Crippen LogP contribution is 2.11. The molecule has 1 N–H and O–H groups in total. The first-order chi connectivity index (χ1) is 5.77. The normalized spacial score (nSPS) is 12.6. The van der Waals surface area contributed by atoms with Gasteiger partial charge in [-0.05, 0) is 13.0 Å². The van der Waals surface area contributed by atoms with E-state index in [2.05, 4.69) is 15.3 Å². The second kappa shape index (κ2) is 4.01. The van der Waals surface area contributed by atoms with Crippen molar-refractivity contribution in [1.82, 2.24) is 9.97 Å². The molecule has 12 heavy (non-hydrogen) atoms. The predicted octanol–water partition coefficient (Wildman–Crippen LogP) is 1.23. The number of hydrogen-bond acceptors (Lipinski definition) is 4. The Morgan fingerprint density at radius 3 is 2.92 bits per heavy atom. The van der Waals surface area contributed by atoms with Crippen molar-refractivity contribution < 1.29 is 4.74 Å². The number of rotatable bonds is 3. The second-order valence-electron chi connectivity index (χ2n) is 2.43. The van der Waals surface area contributed by atoms with Crippen molar-refractivity contribution in [2.24, 2.45) is 0 Å². The monoisotopic (exact) mass is 167 g/mol. The summed E-state index contributed by atoms with van der Waals surface area (Å²) >= 11 is 0. The van der Waals surface area contributed by atoms with Gasteiger partial charge in [0.15, 0.2) is 5.82 Å². The van der Waals surface area contributed by atoms with Crippen LogP contribution in [-0.4, -0.2) is 24.1 Å². The van der Waals surface area contributed by atoms with Crippen LogP contribution in [0, 0.1) is 0 Å². The van der Waals surface area contributed by atoms with E-state index in [0.29, 0.717) is 5.82 Å². The molecule has 0 radical (unpaired) electrons. The van der Waals surface area contributed by atoms with E-state index in [9.17, 15) is 0 Å². The third kappa shape index (κ3) is 1.92. The van der Waals surface area contributed by atoms with Gasteiger partial charge >= 0.3 is 0 Å². The fourth-order valence-corrected chi connectivity index (χ4v) is 0.814. The van der Waals surface area contributed by atoms with Crippen LogP contribution in [0.15, 0.2) is 12.3 Å². The molecular formula is C8H13N3O. The number of hydrogen-bond donors (Lipinski definition) is 1. The summed E-state index contributed by atoms with van der Waals surface area (Å²) in [6, 6.07) is 1.81. The summed E-state index contributed by atoms with van der Waals surface area (Å²) in [6.45, 7) is 1.91. The van der Waals surface area contributed by atoms with E-state index in [4.69, 9.17) is 4.74 Å². The predicted molar refractivity (Wildman–Crippen MR) is 47.0 cm³/mol. The lowest BCUT2D eigenvalue weighted by atomic mass is 10.4. The first-order valence-electron chi connectivity index (χ1n) is 3.81. The molecule has 1 atom stereocenters. The first kappa shape index (κ1) is 8.93. The quantitative estimate of drug-likeness (QED) is 0.735. The molecule has 1 unspecified atom stereocenters. The van der Waals surface area contributed by atoms with Crippen molar-refractivity contribution in [1.29, 1.82) is 0 Å². The highest BCUT2D eigenvalue weighted by atomic mass is 16.5. The van der Waals surface area contributed by atoms with Gasteiger partial charge in [0.2, 0.25) is 0 Å². The molecule has 1 heterocycles. The Kier molecular flexibility index (Phi) is 2.99. The molecular weight excluding hydrogens is 154 g/mol. The van der Waals surface area contributed by atoms with Gasteiger partial charge in [0, 0.05) is 20.4 Å². The average Bonchev–Trinajstić information content (AvgIpc) is 2.17. The van der Waals surface area contributed by atoms with Gasteiger partial charge in [-0.3, -0.25) is 0 Å². The summed E-state index contributed by atoms with van der Waals surface area (Å²) in [7, 11) is 3.46. The molecule has 0 fully saturated rings. The highest BCUT2D eigenvalue weighted by Gasteiger charge is 2.06. The lowest BCUT2D eigenvalue weighted by Gasteiger charge is -2.08. The van der Waals surface area contributed by atoms with Crippen LogP contribution in [0.25, 0.3) is 0 Å². The van der Waals surface area contributed by atoms with E-state index in [0.717, 1.165) is 5.82 Å². The third-order valence-corrected chi connectivity index (χ3v) is 1.65. The SMILES string of the molecule is CNc1ccnc(C(C)OC)n1. The summed E-state index contributed by atoms with van der Waals surface area (Å²) in [5.74, 6) is 1.51. The molecule has 1 aromatic heterocycles. The van der Waals surface area contributed by atoms with Gasteiger partial charge in [-0.15, -0.1) is 0 Å². The number of aromatic nitrogens is 2. The van der Waals surface area contributed by atoms with Crippen LogP contribution >= 0.6 is 0 Å². The van der Waals surface area contributed by atoms with Gasteiger partial charge < -0.3 is 10.1 Å². The van der Waals surface area contributed by atoms with E-state index in [1.165, 1.54) is 0 Å². The molecule has 0 amide bonds. The Balaban J connectivity index is 2.86. The van der Waals surface area contributed by atoms with Gasteiger partial charge in [0.05, 0.1) is 0 Å². The van der Waals surface area contributed by atoms with Crippen molar-refractivity contribution in [2.75, 3.05) is 19.5 Å². The molecule has 1 aromatic rings. The standard InChI is InChI=1S/C8H13N3O/c1-6(12-3)8-10-5-4-7(9-2)11-8/h4-6H,1-3H3,(H,9,10,11). The zero-order chi connectivity index (χ0) is 8.97. The fourth-order valence-electron chi connectivity index (χ4n) is 0.814. The second-order valence-corrected chi connectivity index (χ2v) is 2.43. The number of nitrogens with zero attached hydrogens (tertiary/aromatic N) is 2. The van der Waals surface area contributed by atoms with Crippen molar-refractivity contribution in [3.63, 3.8) is 0 Å². The Hall–Kier alpha value is -1.16. The molecule has 66 valence electrons. The first-order valence-corrected chi connectivity index (χ1v) is 3.81. The maximum absolute atomic E-state index is 5.08. The Bertz CT molecular complexity index is 252. The molecule has 0 aliphatic heterocycles. The number of anilines is 1. The number of ether oxygens (including phenoxy) is 1. The van der Waals surface area contributed by atoms with Crippen molar-refractivity contribution in [2.45, 2.75) is 13.0 Å². The minimum atomic E-state index is -0.0571. The summed E-state index contributed by atoms with van der Waals surface area (Å²) in [5, 5.41) is 2.94. The zero-order valence-electron chi connectivity index (χ0n) is 7.53. The Morgan fingerprint density at radius 2 is 2.33 bits per heavy atom. The Morgan fingerprint density at radius 1 is 1.58 bits per heavy atom. The maximum Gasteiger partial charge on any atom is 0.159 e. The molecule has 4 nitrogen and oxygen atoms in total. The van der Waals surface area contributed by atoms with Gasteiger partial charge in [-0.2, -0.15) is 0 Å². The van der Waals surface area contributed by atoms with E-state index in [1.807, 2.05) is 20.0 Å². The fraction of sp³-hybridized carbons (Fsp3) is 0.500. The van der Waals surface area contributed by atoms with Crippen LogP contribution < -0.4 is 5.32 Å². The molecule has 0 aliphatic rings. The minimum Gasteiger partial charge on any atom is -0.374 e. The van der Waals surface area contributed by atoms with E-state index < -0.39 is 0 Å². The van der Waals surface area contributed by atoms with Gasteiger partial charge in [0.25, 0.3) is 0 Å². The molecule has 4 heteroatoms. The molecule has 0 bridgehead atoms. The summed E-state index contributed by atoms with van der Waals surface area (Å²) in [5.41, 5.74) is 0. The minimum absolute atomic E-state index is 0.0571.